The number of carbonyl (C=O) groups excluding carboxylic acids is 2. The van der Waals surface area contributed by atoms with Crippen molar-refractivity contribution in [3.05, 3.63) is 71.8 Å². The Balaban J connectivity index is 1.78. The molecule has 1 aliphatic heterocycles. The van der Waals surface area contributed by atoms with Crippen LogP contribution in [-0.4, -0.2) is 23.4 Å². The van der Waals surface area contributed by atoms with Gasteiger partial charge < -0.3 is 4.84 Å². The van der Waals surface area contributed by atoms with Crippen molar-refractivity contribution < 1.29 is 14.4 Å². The minimum atomic E-state index is -0.393. The van der Waals surface area contributed by atoms with Crippen LogP contribution in [0.1, 0.15) is 34.8 Å². The van der Waals surface area contributed by atoms with Gasteiger partial charge in [0, 0.05) is 19.4 Å². The summed E-state index contributed by atoms with van der Waals surface area (Å²) in [5, 5.41) is 1.63. The summed E-state index contributed by atoms with van der Waals surface area (Å²) >= 11 is 0. The fourth-order valence-electron chi connectivity index (χ4n) is 2.61. The van der Waals surface area contributed by atoms with E-state index in [-0.39, 0.29) is 11.8 Å². The number of ketones is 1. The molecule has 112 valence electrons. The Labute approximate surface area is 129 Å². The SMILES string of the molecule is O=C1CCN(OC(=O)c2ccccc2)C(c2ccccc2)C1. The predicted molar refractivity (Wildman–Crippen MR) is 82.0 cm³/mol. The first kappa shape index (κ1) is 14.5. The van der Waals surface area contributed by atoms with Gasteiger partial charge in [-0.2, -0.15) is 0 Å². The van der Waals surface area contributed by atoms with Gasteiger partial charge in [0.1, 0.15) is 5.78 Å². The molecule has 0 amide bonds. The monoisotopic (exact) mass is 295 g/mol. The van der Waals surface area contributed by atoms with Gasteiger partial charge in [0.25, 0.3) is 0 Å². The van der Waals surface area contributed by atoms with E-state index in [0.29, 0.717) is 24.9 Å². The molecule has 1 atom stereocenters. The lowest BCUT2D eigenvalue weighted by Gasteiger charge is -2.33. The fourth-order valence-corrected chi connectivity index (χ4v) is 2.61. The molecule has 1 unspecified atom stereocenters. The molecule has 0 aliphatic carbocycles. The molecule has 1 aliphatic rings. The number of hydroxylamine groups is 2. The molecule has 2 aromatic rings. The van der Waals surface area contributed by atoms with Crippen LogP contribution in [0.5, 0.6) is 0 Å². The van der Waals surface area contributed by atoms with Crippen LogP contribution in [0.25, 0.3) is 0 Å². The van der Waals surface area contributed by atoms with Gasteiger partial charge in [0.2, 0.25) is 0 Å². The van der Waals surface area contributed by atoms with Crippen molar-refractivity contribution in [2.24, 2.45) is 0 Å². The third-order valence-electron chi connectivity index (χ3n) is 3.77. The molecule has 0 radical (unpaired) electrons. The molecule has 0 saturated carbocycles. The van der Waals surface area contributed by atoms with Crippen molar-refractivity contribution >= 4 is 11.8 Å². The second-order valence-corrected chi connectivity index (χ2v) is 5.30. The lowest BCUT2D eigenvalue weighted by molar-refractivity contribution is -0.162. The smallest absolute Gasteiger partial charge is 0.357 e. The van der Waals surface area contributed by atoms with Crippen LogP contribution in [0.4, 0.5) is 0 Å². The number of benzene rings is 2. The van der Waals surface area contributed by atoms with Gasteiger partial charge in [0.05, 0.1) is 11.6 Å². The van der Waals surface area contributed by atoms with E-state index in [2.05, 4.69) is 0 Å². The molecule has 0 bridgehead atoms. The summed E-state index contributed by atoms with van der Waals surface area (Å²) in [4.78, 5) is 29.5. The van der Waals surface area contributed by atoms with Gasteiger partial charge in [0.15, 0.2) is 0 Å². The van der Waals surface area contributed by atoms with E-state index in [1.165, 1.54) is 0 Å². The fraction of sp³-hybridized carbons (Fsp3) is 0.222. The molecule has 1 saturated heterocycles. The van der Waals surface area contributed by atoms with Crippen LogP contribution in [0.15, 0.2) is 60.7 Å². The predicted octanol–water partition coefficient (Wildman–Crippen LogP) is 3.16. The summed E-state index contributed by atoms with van der Waals surface area (Å²) in [5.74, 6) is -0.197. The number of piperidine rings is 1. The maximum atomic E-state index is 12.2. The minimum Gasteiger partial charge on any atom is -0.363 e. The van der Waals surface area contributed by atoms with Gasteiger partial charge in [-0.15, -0.1) is 5.06 Å². The molecule has 1 heterocycles. The summed E-state index contributed by atoms with van der Waals surface area (Å²) in [6, 6.07) is 18.3. The van der Waals surface area contributed by atoms with E-state index < -0.39 is 5.97 Å². The topological polar surface area (TPSA) is 46.6 Å². The molecule has 4 nitrogen and oxygen atoms in total. The number of nitrogens with zero attached hydrogens (tertiary/aromatic N) is 1. The van der Waals surface area contributed by atoms with Crippen LogP contribution in [0.2, 0.25) is 0 Å². The number of hydrogen-bond donors (Lipinski definition) is 0. The van der Waals surface area contributed by atoms with Gasteiger partial charge in [-0.3, -0.25) is 4.79 Å². The van der Waals surface area contributed by atoms with E-state index in [1.807, 2.05) is 36.4 Å². The minimum absolute atomic E-state index is 0.195. The zero-order valence-electron chi connectivity index (χ0n) is 12.1. The van der Waals surface area contributed by atoms with E-state index in [1.54, 1.807) is 29.3 Å². The maximum Gasteiger partial charge on any atom is 0.357 e. The second kappa shape index (κ2) is 6.54. The Morgan fingerprint density at radius 3 is 2.32 bits per heavy atom. The Bertz CT molecular complexity index is 655. The summed E-state index contributed by atoms with van der Waals surface area (Å²) < 4.78 is 0. The molecule has 2 aromatic carbocycles. The Kier molecular flexibility index (Phi) is 4.30. The molecule has 22 heavy (non-hydrogen) atoms. The van der Waals surface area contributed by atoms with Crippen molar-refractivity contribution in [2.45, 2.75) is 18.9 Å². The van der Waals surface area contributed by atoms with Crippen LogP contribution in [0, 0.1) is 0 Å². The van der Waals surface area contributed by atoms with Crippen LogP contribution < -0.4 is 0 Å². The lowest BCUT2D eigenvalue weighted by Crippen LogP contribution is -2.38. The van der Waals surface area contributed by atoms with E-state index >= 15 is 0 Å². The number of carbonyl (C=O) groups is 2. The lowest BCUT2D eigenvalue weighted by atomic mass is 9.96. The van der Waals surface area contributed by atoms with Crippen LogP contribution >= 0.6 is 0 Å². The highest BCUT2D eigenvalue weighted by Gasteiger charge is 2.31. The highest BCUT2D eigenvalue weighted by Crippen LogP contribution is 2.29. The number of hydrogen-bond acceptors (Lipinski definition) is 4. The van der Waals surface area contributed by atoms with E-state index in [0.717, 1.165) is 5.56 Å². The quantitative estimate of drug-likeness (QED) is 0.872. The number of rotatable bonds is 3. The highest BCUT2D eigenvalue weighted by molar-refractivity contribution is 5.89. The molecule has 0 aromatic heterocycles. The molecule has 4 heteroatoms. The molecule has 1 fully saturated rings. The first-order valence-corrected chi connectivity index (χ1v) is 7.34. The van der Waals surface area contributed by atoms with Gasteiger partial charge in [-0.1, -0.05) is 48.5 Å². The van der Waals surface area contributed by atoms with Crippen molar-refractivity contribution in [3.63, 3.8) is 0 Å². The molecule has 3 rings (SSSR count). The molecular formula is C18H17NO3. The van der Waals surface area contributed by atoms with E-state index in [4.69, 9.17) is 4.84 Å². The van der Waals surface area contributed by atoms with Gasteiger partial charge in [-0.05, 0) is 17.7 Å². The Morgan fingerprint density at radius 2 is 1.64 bits per heavy atom. The summed E-state index contributed by atoms with van der Waals surface area (Å²) in [7, 11) is 0. The number of Topliss-reactive ketones (excluding diaryl/α,β-unsaturated/α-hetero) is 1. The molecule has 0 N–H and O–H groups in total. The third-order valence-corrected chi connectivity index (χ3v) is 3.77. The highest BCUT2D eigenvalue weighted by atomic mass is 16.7. The van der Waals surface area contributed by atoms with Crippen LogP contribution in [0.3, 0.4) is 0 Å². The standard InChI is InChI=1S/C18H17NO3/c20-16-11-12-19(17(13-16)14-7-3-1-4-8-14)22-18(21)15-9-5-2-6-10-15/h1-10,17H,11-13H2. The van der Waals surface area contributed by atoms with Crippen molar-refractivity contribution in [2.75, 3.05) is 6.54 Å². The van der Waals surface area contributed by atoms with Crippen LogP contribution in [-0.2, 0) is 9.63 Å². The summed E-state index contributed by atoms with van der Waals surface area (Å²) in [6.45, 7) is 0.428. The van der Waals surface area contributed by atoms with Crippen molar-refractivity contribution in [1.82, 2.24) is 5.06 Å². The van der Waals surface area contributed by atoms with Gasteiger partial charge in [-0.25, -0.2) is 4.79 Å². The molecule has 0 spiro atoms. The Morgan fingerprint density at radius 1 is 1.00 bits per heavy atom. The first-order valence-electron chi connectivity index (χ1n) is 7.34. The Hall–Kier alpha value is -2.46. The largest absolute Gasteiger partial charge is 0.363 e. The zero-order chi connectivity index (χ0) is 15.4. The van der Waals surface area contributed by atoms with Crippen molar-refractivity contribution in [1.29, 1.82) is 0 Å². The van der Waals surface area contributed by atoms with Crippen molar-refractivity contribution in [3.8, 4) is 0 Å². The van der Waals surface area contributed by atoms with E-state index in [9.17, 15) is 9.59 Å². The average Bonchev–Trinajstić information content (AvgIpc) is 2.58. The third kappa shape index (κ3) is 3.23. The maximum absolute atomic E-state index is 12.2. The summed E-state index contributed by atoms with van der Waals surface area (Å²) in [5.41, 5.74) is 1.49. The average molecular weight is 295 g/mol. The second-order valence-electron chi connectivity index (χ2n) is 5.30. The normalized spacial score (nSPS) is 18.9. The first-order chi connectivity index (χ1) is 10.7. The van der Waals surface area contributed by atoms with Gasteiger partial charge >= 0.3 is 5.97 Å². The zero-order valence-corrected chi connectivity index (χ0v) is 12.1. The summed E-state index contributed by atoms with van der Waals surface area (Å²) in [6.07, 6.45) is 0.775. The molecular weight excluding hydrogens is 278 g/mol.